The van der Waals surface area contributed by atoms with E-state index in [9.17, 15) is 4.79 Å². The average Bonchev–Trinajstić information content (AvgIpc) is 2.40. The SMILES string of the molecule is CCOc1cc(OC2CCOCC2)cc(C(=O)O)c1. The number of carbonyl (C=O) groups is 1. The van der Waals surface area contributed by atoms with Crippen molar-refractivity contribution in [1.82, 2.24) is 0 Å². The summed E-state index contributed by atoms with van der Waals surface area (Å²) in [6, 6.07) is 4.76. The maximum absolute atomic E-state index is 11.1. The van der Waals surface area contributed by atoms with Crippen molar-refractivity contribution in [3.05, 3.63) is 23.8 Å². The van der Waals surface area contributed by atoms with Crippen LogP contribution >= 0.6 is 0 Å². The Bertz CT molecular complexity index is 437. The minimum atomic E-state index is -0.988. The van der Waals surface area contributed by atoms with Crippen LogP contribution in [-0.2, 0) is 4.74 Å². The van der Waals surface area contributed by atoms with Gasteiger partial charge in [0.1, 0.15) is 17.6 Å². The highest BCUT2D eigenvalue weighted by atomic mass is 16.5. The van der Waals surface area contributed by atoms with Crippen molar-refractivity contribution in [2.24, 2.45) is 0 Å². The van der Waals surface area contributed by atoms with Crippen LogP contribution in [0, 0.1) is 0 Å². The lowest BCUT2D eigenvalue weighted by atomic mass is 10.1. The molecule has 0 aliphatic carbocycles. The quantitative estimate of drug-likeness (QED) is 0.886. The first-order chi connectivity index (χ1) is 9.19. The summed E-state index contributed by atoms with van der Waals surface area (Å²) in [6.45, 7) is 3.70. The highest BCUT2D eigenvalue weighted by molar-refractivity contribution is 5.88. The lowest BCUT2D eigenvalue weighted by Gasteiger charge is -2.23. The molecule has 1 heterocycles. The molecule has 1 aliphatic heterocycles. The Kier molecular flexibility index (Phi) is 4.63. The molecular weight excluding hydrogens is 248 g/mol. The highest BCUT2D eigenvalue weighted by Crippen LogP contribution is 2.25. The van der Waals surface area contributed by atoms with E-state index in [4.69, 9.17) is 19.3 Å². The normalized spacial score (nSPS) is 16.1. The number of carboxylic acids is 1. The van der Waals surface area contributed by atoms with Gasteiger partial charge in [-0.1, -0.05) is 0 Å². The molecule has 1 N–H and O–H groups in total. The van der Waals surface area contributed by atoms with Gasteiger partial charge in [0.15, 0.2) is 0 Å². The lowest BCUT2D eigenvalue weighted by molar-refractivity contribution is 0.0254. The predicted molar refractivity (Wildman–Crippen MR) is 69.0 cm³/mol. The van der Waals surface area contributed by atoms with E-state index in [0.29, 0.717) is 31.3 Å². The monoisotopic (exact) mass is 266 g/mol. The molecule has 1 aliphatic rings. The zero-order chi connectivity index (χ0) is 13.7. The molecule has 0 unspecified atom stereocenters. The molecule has 1 aromatic rings. The summed E-state index contributed by atoms with van der Waals surface area (Å²) >= 11 is 0. The molecule has 5 nitrogen and oxygen atoms in total. The number of carboxylic acid groups (broad SMARTS) is 1. The summed E-state index contributed by atoms with van der Waals surface area (Å²) in [5.74, 6) is 0.0677. The first-order valence-corrected chi connectivity index (χ1v) is 6.44. The van der Waals surface area contributed by atoms with E-state index in [1.807, 2.05) is 6.92 Å². The maximum Gasteiger partial charge on any atom is 0.335 e. The summed E-state index contributed by atoms with van der Waals surface area (Å²) < 4.78 is 16.4. The van der Waals surface area contributed by atoms with Gasteiger partial charge in [0.25, 0.3) is 0 Å². The minimum Gasteiger partial charge on any atom is -0.494 e. The molecule has 1 aromatic carbocycles. The van der Waals surface area contributed by atoms with Gasteiger partial charge < -0.3 is 19.3 Å². The van der Waals surface area contributed by atoms with Crippen LogP contribution in [-0.4, -0.2) is 37.0 Å². The van der Waals surface area contributed by atoms with Crippen LogP contribution in [0.2, 0.25) is 0 Å². The first-order valence-electron chi connectivity index (χ1n) is 6.44. The second-order valence-corrected chi connectivity index (χ2v) is 4.36. The van der Waals surface area contributed by atoms with Crippen molar-refractivity contribution in [1.29, 1.82) is 0 Å². The molecule has 0 spiro atoms. The molecule has 0 atom stereocenters. The molecule has 1 fully saturated rings. The molecule has 0 aromatic heterocycles. The Morgan fingerprint density at radius 2 is 2.00 bits per heavy atom. The lowest BCUT2D eigenvalue weighted by Crippen LogP contribution is -2.25. The molecule has 19 heavy (non-hydrogen) atoms. The molecule has 1 saturated heterocycles. The fourth-order valence-corrected chi connectivity index (χ4v) is 2.00. The summed E-state index contributed by atoms with van der Waals surface area (Å²) in [5.41, 5.74) is 0.174. The first kappa shape index (κ1) is 13.7. The predicted octanol–water partition coefficient (Wildman–Crippen LogP) is 2.34. The van der Waals surface area contributed by atoms with Gasteiger partial charge in [-0.05, 0) is 19.1 Å². The molecule has 0 radical (unpaired) electrons. The summed E-state index contributed by atoms with van der Waals surface area (Å²) in [4.78, 5) is 11.1. The van der Waals surface area contributed by atoms with Crippen LogP contribution in [0.1, 0.15) is 30.1 Å². The number of benzene rings is 1. The van der Waals surface area contributed by atoms with Gasteiger partial charge in [-0.3, -0.25) is 0 Å². The van der Waals surface area contributed by atoms with Crippen molar-refractivity contribution in [3.63, 3.8) is 0 Å². The van der Waals surface area contributed by atoms with Crippen LogP contribution in [0.3, 0.4) is 0 Å². The Morgan fingerprint density at radius 3 is 2.63 bits per heavy atom. The standard InChI is InChI=1S/C14H18O5/c1-2-18-12-7-10(14(15)16)8-13(9-12)19-11-3-5-17-6-4-11/h7-9,11H,2-6H2,1H3,(H,15,16). The third kappa shape index (κ3) is 3.86. The third-order valence-electron chi connectivity index (χ3n) is 2.91. The van der Waals surface area contributed by atoms with Crippen LogP contribution in [0.15, 0.2) is 18.2 Å². The topological polar surface area (TPSA) is 65.0 Å². The van der Waals surface area contributed by atoms with Crippen molar-refractivity contribution in [2.75, 3.05) is 19.8 Å². The zero-order valence-electron chi connectivity index (χ0n) is 10.9. The van der Waals surface area contributed by atoms with Gasteiger partial charge >= 0.3 is 5.97 Å². The Morgan fingerprint density at radius 1 is 1.32 bits per heavy atom. The van der Waals surface area contributed by atoms with E-state index in [-0.39, 0.29) is 11.7 Å². The molecule has 2 rings (SSSR count). The number of ether oxygens (including phenoxy) is 3. The van der Waals surface area contributed by atoms with Gasteiger partial charge in [-0.25, -0.2) is 4.79 Å². The number of hydrogen-bond donors (Lipinski definition) is 1. The number of aromatic carboxylic acids is 1. The van der Waals surface area contributed by atoms with Crippen molar-refractivity contribution in [3.8, 4) is 11.5 Å². The summed E-state index contributed by atoms with van der Waals surface area (Å²) in [6.07, 6.45) is 1.72. The van der Waals surface area contributed by atoms with Crippen molar-refractivity contribution >= 4 is 5.97 Å². The molecule has 0 saturated carbocycles. The van der Waals surface area contributed by atoms with Crippen LogP contribution in [0.25, 0.3) is 0 Å². The largest absolute Gasteiger partial charge is 0.494 e. The van der Waals surface area contributed by atoms with E-state index < -0.39 is 5.97 Å². The third-order valence-corrected chi connectivity index (χ3v) is 2.91. The number of hydrogen-bond acceptors (Lipinski definition) is 4. The fourth-order valence-electron chi connectivity index (χ4n) is 2.00. The molecule has 104 valence electrons. The average molecular weight is 266 g/mol. The van der Waals surface area contributed by atoms with Gasteiger partial charge in [-0.2, -0.15) is 0 Å². The van der Waals surface area contributed by atoms with E-state index in [2.05, 4.69) is 0 Å². The highest BCUT2D eigenvalue weighted by Gasteiger charge is 2.17. The zero-order valence-corrected chi connectivity index (χ0v) is 10.9. The maximum atomic E-state index is 11.1. The Balaban J connectivity index is 2.15. The van der Waals surface area contributed by atoms with Crippen LogP contribution < -0.4 is 9.47 Å². The van der Waals surface area contributed by atoms with Crippen LogP contribution in [0.4, 0.5) is 0 Å². The molecule has 0 amide bonds. The van der Waals surface area contributed by atoms with Gasteiger partial charge in [0.2, 0.25) is 0 Å². The van der Waals surface area contributed by atoms with E-state index >= 15 is 0 Å². The minimum absolute atomic E-state index is 0.0762. The van der Waals surface area contributed by atoms with Gasteiger partial charge in [0.05, 0.1) is 25.4 Å². The number of rotatable bonds is 5. The second kappa shape index (κ2) is 6.43. The van der Waals surface area contributed by atoms with Crippen molar-refractivity contribution in [2.45, 2.75) is 25.9 Å². The van der Waals surface area contributed by atoms with E-state index in [1.165, 1.54) is 12.1 Å². The Labute approximate surface area is 112 Å². The molecular formula is C14H18O5. The van der Waals surface area contributed by atoms with E-state index in [0.717, 1.165) is 12.8 Å². The van der Waals surface area contributed by atoms with E-state index in [1.54, 1.807) is 6.07 Å². The van der Waals surface area contributed by atoms with Gasteiger partial charge in [0, 0.05) is 18.9 Å². The van der Waals surface area contributed by atoms with Gasteiger partial charge in [-0.15, -0.1) is 0 Å². The fraction of sp³-hybridized carbons (Fsp3) is 0.500. The van der Waals surface area contributed by atoms with Crippen molar-refractivity contribution < 1.29 is 24.1 Å². The molecule has 0 bridgehead atoms. The molecule has 5 heteroatoms. The smallest absolute Gasteiger partial charge is 0.335 e. The summed E-state index contributed by atoms with van der Waals surface area (Å²) in [7, 11) is 0. The summed E-state index contributed by atoms with van der Waals surface area (Å²) in [5, 5.41) is 9.08. The van der Waals surface area contributed by atoms with Crippen LogP contribution in [0.5, 0.6) is 11.5 Å². The Hall–Kier alpha value is -1.75. The second-order valence-electron chi connectivity index (χ2n) is 4.36.